The molecular formula is C8H11N3O3. The number of morpholine rings is 1. The molecule has 14 heavy (non-hydrogen) atoms. The number of nitrogens with one attached hydrogen (secondary N) is 1. The molecule has 76 valence electrons. The van der Waals surface area contributed by atoms with Crippen LogP contribution in [0.4, 0.5) is 4.79 Å². The van der Waals surface area contributed by atoms with E-state index in [1.807, 2.05) is 0 Å². The van der Waals surface area contributed by atoms with Crippen LogP contribution in [0.15, 0.2) is 12.4 Å². The van der Waals surface area contributed by atoms with E-state index in [4.69, 9.17) is 9.84 Å². The number of hydrogen-bond acceptors (Lipinski definition) is 3. The standard InChI is InChI=1S/C8H11N3O3/c12-8(13)11-1-2-14-7(5-11)6-3-9-10-4-6/h3-4,7H,1-2,5H2,(H,9,10)(H,12,13). The van der Waals surface area contributed by atoms with Crippen LogP contribution in [-0.4, -0.2) is 46.0 Å². The molecule has 1 amide bonds. The van der Waals surface area contributed by atoms with Crippen LogP contribution in [0.1, 0.15) is 11.7 Å². The molecule has 6 nitrogen and oxygen atoms in total. The Bertz CT molecular complexity index is 312. The highest BCUT2D eigenvalue weighted by Crippen LogP contribution is 2.20. The summed E-state index contributed by atoms with van der Waals surface area (Å²) in [5.74, 6) is 0. The zero-order valence-corrected chi connectivity index (χ0v) is 7.51. The number of carbonyl (C=O) groups is 1. The predicted octanol–water partition coefficient (Wildman–Crippen LogP) is 0.461. The lowest BCUT2D eigenvalue weighted by molar-refractivity contribution is -0.0231. The molecule has 1 aliphatic rings. The summed E-state index contributed by atoms with van der Waals surface area (Å²) in [4.78, 5) is 12.1. The van der Waals surface area contributed by atoms with Gasteiger partial charge in [0.15, 0.2) is 0 Å². The monoisotopic (exact) mass is 197 g/mol. The Balaban J connectivity index is 2.04. The summed E-state index contributed by atoms with van der Waals surface area (Å²) >= 11 is 0. The Labute approximate surface area is 80.5 Å². The zero-order valence-electron chi connectivity index (χ0n) is 7.51. The molecule has 0 aliphatic carbocycles. The van der Waals surface area contributed by atoms with Gasteiger partial charge in [-0.25, -0.2) is 4.79 Å². The third-order valence-electron chi connectivity index (χ3n) is 2.23. The van der Waals surface area contributed by atoms with Gasteiger partial charge in [-0.2, -0.15) is 5.10 Å². The summed E-state index contributed by atoms with van der Waals surface area (Å²) in [5.41, 5.74) is 0.885. The largest absolute Gasteiger partial charge is 0.465 e. The zero-order chi connectivity index (χ0) is 9.97. The molecule has 1 atom stereocenters. The van der Waals surface area contributed by atoms with E-state index < -0.39 is 6.09 Å². The lowest BCUT2D eigenvalue weighted by Gasteiger charge is -2.30. The van der Waals surface area contributed by atoms with E-state index in [2.05, 4.69) is 10.2 Å². The van der Waals surface area contributed by atoms with Crippen molar-refractivity contribution >= 4 is 6.09 Å². The predicted molar refractivity (Wildman–Crippen MR) is 46.9 cm³/mol. The van der Waals surface area contributed by atoms with Gasteiger partial charge in [0.2, 0.25) is 0 Å². The maximum atomic E-state index is 10.7. The quantitative estimate of drug-likeness (QED) is 0.685. The van der Waals surface area contributed by atoms with Gasteiger partial charge in [0.25, 0.3) is 0 Å². The molecule has 1 aromatic rings. The van der Waals surface area contributed by atoms with Crippen LogP contribution in [-0.2, 0) is 4.74 Å². The first kappa shape index (κ1) is 9.01. The Kier molecular flexibility index (Phi) is 2.36. The van der Waals surface area contributed by atoms with E-state index in [0.29, 0.717) is 19.7 Å². The summed E-state index contributed by atoms with van der Waals surface area (Å²) in [7, 11) is 0. The topological polar surface area (TPSA) is 78.4 Å². The van der Waals surface area contributed by atoms with Gasteiger partial charge >= 0.3 is 6.09 Å². The molecule has 0 aromatic carbocycles. The van der Waals surface area contributed by atoms with Crippen molar-refractivity contribution in [1.29, 1.82) is 0 Å². The lowest BCUT2D eigenvalue weighted by atomic mass is 10.2. The molecule has 6 heteroatoms. The highest BCUT2D eigenvalue weighted by molar-refractivity contribution is 5.65. The molecule has 0 spiro atoms. The Morgan fingerprint density at radius 2 is 2.64 bits per heavy atom. The van der Waals surface area contributed by atoms with Crippen LogP contribution >= 0.6 is 0 Å². The van der Waals surface area contributed by atoms with Crippen LogP contribution in [0.2, 0.25) is 0 Å². The number of hydrogen-bond donors (Lipinski definition) is 2. The molecule has 1 aliphatic heterocycles. The normalized spacial score (nSPS) is 22.3. The van der Waals surface area contributed by atoms with E-state index in [-0.39, 0.29) is 6.10 Å². The number of ether oxygens (including phenoxy) is 1. The Hall–Kier alpha value is -1.56. The second-order valence-corrected chi connectivity index (χ2v) is 3.12. The number of aromatic amines is 1. The van der Waals surface area contributed by atoms with Crippen LogP contribution in [0.25, 0.3) is 0 Å². The minimum Gasteiger partial charge on any atom is -0.465 e. The summed E-state index contributed by atoms with van der Waals surface area (Å²) in [6, 6.07) is 0. The fourth-order valence-electron chi connectivity index (χ4n) is 1.46. The number of carboxylic acid groups (broad SMARTS) is 1. The van der Waals surface area contributed by atoms with E-state index in [9.17, 15) is 4.79 Å². The molecule has 2 N–H and O–H groups in total. The second kappa shape index (κ2) is 3.67. The van der Waals surface area contributed by atoms with E-state index in [0.717, 1.165) is 5.56 Å². The first-order valence-corrected chi connectivity index (χ1v) is 4.35. The smallest absolute Gasteiger partial charge is 0.407 e. The lowest BCUT2D eigenvalue weighted by Crippen LogP contribution is -2.41. The Morgan fingerprint density at radius 3 is 3.29 bits per heavy atom. The molecule has 0 bridgehead atoms. The maximum Gasteiger partial charge on any atom is 0.407 e. The van der Waals surface area contributed by atoms with Crippen molar-refractivity contribution in [1.82, 2.24) is 15.1 Å². The second-order valence-electron chi connectivity index (χ2n) is 3.12. The number of amides is 1. The summed E-state index contributed by atoms with van der Waals surface area (Å²) < 4.78 is 5.44. The average molecular weight is 197 g/mol. The van der Waals surface area contributed by atoms with Gasteiger partial charge in [-0.15, -0.1) is 0 Å². The maximum absolute atomic E-state index is 10.7. The first-order valence-electron chi connectivity index (χ1n) is 4.35. The first-order chi connectivity index (χ1) is 6.77. The molecule has 0 saturated carbocycles. The molecule has 1 fully saturated rings. The van der Waals surface area contributed by atoms with Crippen molar-refractivity contribution < 1.29 is 14.6 Å². The molecule has 2 rings (SSSR count). The van der Waals surface area contributed by atoms with E-state index >= 15 is 0 Å². The average Bonchev–Trinajstić information content (AvgIpc) is 2.71. The summed E-state index contributed by atoms with van der Waals surface area (Å²) in [5, 5.41) is 15.3. The molecule has 1 aromatic heterocycles. The van der Waals surface area contributed by atoms with Crippen molar-refractivity contribution in [2.45, 2.75) is 6.10 Å². The van der Waals surface area contributed by atoms with Gasteiger partial charge in [0, 0.05) is 18.3 Å². The van der Waals surface area contributed by atoms with Crippen molar-refractivity contribution in [2.75, 3.05) is 19.7 Å². The third-order valence-corrected chi connectivity index (χ3v) is 2.23. The highest BCUT2D eigenvalue weighted by Gasteiger charge is 2.25. The van der Waals surface area contributed by atoms with Gasteiger partial charge < -0.3 is 14.7 Å². The minimum absolute atomic E-state index is 0.196. The molecule has 0 radical (unpaired) electrons. The van der Waals surface area contributed by atoms with Crippen molar-refractivity contribution in [3.63, 3.8) is 0 Å². The highest BCUT2D eigenvalue weighted by atomic mass is 16.5. The summed E-state index contributed by atoms with van der Waals surface area (Å²) in [6.07, 6.45) is 2.27. The fourth-order valence-corrected chi connectivity index (χ4v) is 1.46. The molecule has 2 heterocycles. The third kappa shape index (κ3) is 1.69. The minimum atomic E-state index is -0.901. The van der Waals surface area contributed by atoms with Crippen LogP contribution in [0.5, 0.6) is 0 Å². The van der Waals surface area contributed by atoms with Crippen molar-refractivity contribution in [3.8, 4) is 0 Å². The Morgan fingerprint density at radius 1 is 1.79 bits per heavy atom. The van der Waals surface area contributed by atoms with Gasteiger partial charge in [0.05, 0.1) is 19.3 Å². The van der Waals surface area contributed by atoms with Crippen LogP contribution in [0, 0.1) is 0 Å². The van der Waals surface area contributed by atoms with Gasteiger partial charge in [-0.1, -0.05) is 0 Å². The van der Waals surface area contributed by atoms with Gasteiger partial charge in [-0.3, -0.25) is 5.10 Å². The van der Waals surface area contributed by atoms with Gasteiger partial charge in [-0.05, 0) is 0 Å². The molecule has 1 unspecified atom stereocenters. The van der Waals surface area contributed by atoms with Crippen molar-refractivity contribution in [3.05, 3.63) is 18.0 Å². The van der Waals surface area contributed by atoms with Crippen molar-refractivity contribution in [2.24, 2.45) is 0 Å². The SMILES string of the molecule is O=C(O)N1CCOC(c2cn[nH]c2)C1. The van der Waals surface area contributed by atoms with E-state index in [1.165, 1.54) is 4.90 Å². The van der Waals surface area contributed by atoms with Gasteiger partial charge in [0.1, 0.15) is 6.10 Å². The number of aromatic nitrogens is 2. The number of rotatable bonds is 1. The van der Waals surface area contributed by atoms with E-state index in [1.54, 1.807) is 12.4 Å². The van der Waals surface area contributed by atoms with Crippen LogP contribution < -0.4 is 0 Å². The number of nitrogens with zero attached hydrogens (tertiary/aromatic N) is 2. The fraction of sp³-hybridized carbons (Fsp3) is 0.500. The molecular weight excluding hydrogens is 186 g/mol. The number of H-pyrrole nitrogens is 1. The molecule has 1 saturated heterocycles. The van der Waals surface area contributed by atoms with Crippen LogP contribution in [0.3, 0.4) is 0 Å². The summed E-state index contributed by atoms with van der Waals surface area (Å²) in [6.45, 7) is 1.24.